The molecule has 0 amide bonds. The van der Waals surface area contributed by atoms with E-state index in [0.29, 0.717) is 36.9 Å². The number of piperidine rings is 1. The standard InChI is InChI=1S/C16H23N5O3S2/c1-10-8-18-16(19-12-4-6-21(7-5-12)26(3,23)24)20-14(10)13-9-17-15(25-13)11(2)22/h8-9,11-12,22H,4-7H2,1-3H3,(H,18,19,20). The van der Waals surface area contributed by atoms with Crippen LogP contribution in [0, 0.1) is 6.92 Å². The van der Waals surface area contributed by atoms with Crippen LogP contribution in [-0.4, -0.2) is 58.2 Å². The Bertz CT molecular complexity index is 874. The van der Waals surface area contributed by atoms with E-state index in [-0.39, 0.29) is 6.04 Å². The lowest BCUT2D eigenvalue weighted by Gasteiger charge is -2.30. The first-order chi connectivity index (χ1) is 12.2. The Hall–Kier alpha value is -1.62. The van der Waals surface area contributed by atoms with Gasteiger partial charge >= 0.3 is 0 Å². The van der Waals surface area contributed by atoms with Gasteiger partial charge in [-0.25, -0.2) is 27.7 Å². The molecule has 0 aliphatic carbocycles. The van der Waals surface area contributed by atoms with Crippen LogP contribution in [0.2, 0.25) is 0 Å². The number of hydrogen-bond acceptors (Lipinski definition) is 8. The lowest BCUT2D eigenvalue weighted by molar-refractivity contribution is 0.199. The largest absolute Gasteiger partial charge is 0.386 e. The van der Waals surface area contributed by atoms with E-state index in [1.54, 1.807) is 19.3 Å². The first-order valence-electron chi connectivity index (χ1n) is 8.43. The fourth-order valence-corrected chi connectivity index (χ4v) is 4.65. The van der Waals surface area contributed by atoms with Crippen LogP contribution in [0.5, 0.6) is 0 Å². The molecule has 8 nitrogen and oxygen atoms in total. The number of aliphatic hydroxyl groups excluding tert-OH is 1. The first kappa shape index (κ1) is 19.2. The van der Waals surface area contributed by atoms with E-state index in [4.69, 9.17) is 0 Å². The molecule has 0 saturated carbocycles. The second-order valence-corrected chi connectivity index (χ2v) is 9.59. The third-order valence-corrected chi connectivity index (χ3v) is 6.82. The number of nitrogens with zero attached hydrogens (tertiary/aromatic N) is 4. The van der Waals surface area contributed by atoms with E-state index in [1.807, 2.05) is 6.92 Å². The van der Waals surface area contributed by atoms with Crippen molar-refractivity contribution in [3.63, 3.8) is 0 Å². The van der Waals surface area contributed by atoms with Crippen LogP contribution in [0.1, 0.15) is 36.4 Å². The van der Waals surface area contributed by atoms with E-state index in [1.165, 1.54) is 21.9 Å². The van der Waals surface area contributed by atoms with Gasteiger partial charge in [0, 0.05) is 31.5 Å². The van der Waals surface area contributed by atoms with Crippen molar-refractivity contribution in [3.8, 4) is 10.6 Å². The molecule has 0 spiro atoms. The molecule has 1 aliphatic heterocycles. The van der Waals surface area contributed by atoms with E-state index >= 15 is 0 Å². The number of aliphatic hydroxyl groups is 1. The Kier molecular flexibility index (Phi) is 5.56. The van der Waals surface area contributed by atoms with Crippen molar-refractivity contribution in [1.82, 2.24) is 19.3 Å². The smallest absolute Gasteiger partial charge is 0.223 e. The first-order valence-corrected chi connectivity index (χ1v) is 11.1. The monoisotopic (exact) mass is 397 g/mol. The third kappa shape index (κ3) is 4.37. The molecule has 1 aliphatic rings. The fourth-order valence-electron chi connectivity index (χ4n) is 2.87. The van der Waals surface area contributed by atoms with Gasteiger partial charge in [0.05, 0.1) is 16.8 Å². The number of aromatic nitrogens is 3. The highest BCUT2D eigenvalue weighted by Gasteiger charge is 2.25. The molecule has 3 heterocycles. The molecular formula is C16H23N5O3S2. The van der Waals surface area contributed by atoms with Crippen LogP contribution >= 0.6 is 11.3 Å². The molecule has 2 aromatic rings. The van der Waals surface area contributed by atoms with Gasteiger partial charge in [-0.3, -0.25) is 0 Å². The Morgan fingerprint density at radius 1 is 1.31 bits per heavy atom. The van der Waals surface area contributed by atoms with Gasteiger partial charge in [0.1, 0.15) is 11.1 Å². The Labute approximate surface area is 157 Å². The number of hydrogen-bond donors (Lipinski definition) is 2. The second kappa shape index (κ2) is 7.55. The summed E-state index contributed by atoms with van der Waals surface area (Å²) in [6, 6.07) is 0.137. The van der Waals surface area contributed by atoms with Crippen molar-refractivity contribution in [2.75, 3.05) is 24.7 Å². The van der Waals surface area contributed by atoms with Gasteiger partial charge in [-0.15, -0.1) is 11.3 Å². The van der Waals surface area contributed by atoms with Crippen molar-refractivity contribution in [2.45, 2.75) is 38.8 Å². The lowest BCUT2D eigenvalue weighted by atomic mass is 10.1. The molecule has 1 unspecified atom stereocenters. The molecule has 0 radical (unpaired) electrons. The number of anilines is 1. The maximum atomic E-state index is 11.6. The quantitative estimate of drug-likeness (QED) is 0.792. The number of aryl methyl sites for hydroxylation is 1. The van der Waals surface area contributed by atoms with Crippen molar-refractivity contribution < 1.29 is 13.5 Å². The molecule has 142 valence electrons. The van der Waals surface area contributed by atoms with Crippen LogP contribution in [0.3, 0.4) is 0 Å². The Balaban J connectivity index is 1.72. The highest BCUT2D eigenvalue weighted by atomic mass is 32.2. The Morgan fingerprint density at radius 3 is 2.58 bits per heavy atom. The highest BCUT2D eigenvalue weighted by molar-refractivity contribution is 7.88. The minimum atomic E-state index is -3.13. The molecule has 0 aromatic carbocycles. The molecule has 1 fully saturated rings. The van der Waals surface area contributed by atoms with Crippen LogP contribution in [0.4, 0.5) is 5.95 Å². The third-order valence-electron chi connectivity index (χ3n) is 4.34. The van der Waals surface area contributed by atoms with Crippen LogP contribution < -0.4 is 5.32 Å². The number of nitrogens with one attached hydrogen (secondary N) is 1. The minimum Gasteiger partial charge on any atom is -0.386 e. The van der Waals surface area contributed by atoms with Crippen molar-refractivity contribution in [1.29, 1.82) is 0 Å². The van der Waals surface area contributed by atoms with Gasteiger partial charge < -0.3 is 10.4 Å². The molecule has 2 aromatic heterocycles. The molecule has 0 bridgehead atoms. The van der Waals surface area contributed by atoms with E-state index in [0.717, 1.165) is 16.1 Å². The van der Waals surface area contributed by atoms with Gasteiger partial charge in [-0.05, 0) is 32.3 Å². The summed E-state index contributed by atoms with van der Waals surface area (Å²) in [4.78, 5) is 14.1. The predicted octanol–water partition coefficient (Wildman–Crippen LogP) is 1.80. The van der Waals surface area contributed by atoms with Crippen molar-refractivity contribution >= 4 is 27.3 Å². The zero-order valence-corrected chi connectivity index (χ0v) is 16.6. The van der Waals surface area contributed by atoms with E-state index in [2.05, 4.69) is 20.3 Å². The van der Waals surface area contributed by atoms with Crippen LogP contribution in [0.15, 0.2) is 12.4 Å². The maximum absolute atomic E-state index is 11.6. The molecule has 26 heavy (non-hydrogen) atoms. The summed E-state index contributed by atoms with van der Waals surface area (Å²) >= 11 is 1.41. The zero-order chi connectivity index (χ0) is 18.9. The molecule has 1 atom stereocenters. The normalized spacial score (nSPS) is 18.0. The van der Waals surface area contributed by atoms with Gasteiger partial charge in [0.15, 0.2) is 0 Å². The summed E-state index contributed by atoms with van der Waals surface area (Å²) in [5.41, 5.74) is 1.73. The minimum absolute atomic E-state index is 0.137. The van der Waals surface area contributed by atoms with Crippen molar-refractivity contribution in [3.05, 3.63) is 23.0 Å². The van der Waals surface area contributed by atoms with Gasteiger partial charge in [0.2, 0.25) is 16.0 Å². The zero-order valence-electron chi connectivity index (χ0n) is 15.0. The van der Waals surface area contributed by atoms with Gasteiger partial charge in [-0.1, -0.05) is 0 Å². The molecule has 2 N–H and O–H groups in total. The highest BCUT2D eigenvalue weighted by Crippen LogP contribution is 2.30. The number of sulfonamides is 1. The SMILES string of the molecule is Cc1cnc(NC2CCN(S(C)(=O)=O)CC2)nc1-c1cnc(C(C)O)s1. The second-order valence-electron chi connectivity index (χ2n) is 6.54. The summed E-state index contributed by atoms with van der Waals surface area (Å²) in [7, 11) is -3.13. The predicted molar refractivity (Wildman–Crippen MR) is 102 cm³/mol. The summed E-state index contributed by atoms with van der Waals surface area (Å²) in [6.07, 6.45) is 5.55. The van der Waals surface area contributed by atoms with E-state index < -0.39 is 16.1 Å². The summed E-state index contributed by atoms with van der Waals surface area (Å²) < 4.78 is 24.7. The lowest BCUT2D eigenvalue weighted by Crippen LogP contribution is -2.42. The van der Waals surface area contributed by atoms with Crippen LogP contribution in [-0.2, 0) is 10.0 Å². The molecular weight excluding hydrogens is 374 g/mol. The van der Waals surface area contributed by atoms with E-state index in [9.17, 15) is 13.5 Å². The summed E-state index contributed by atoms with van der Waals surface area (Å²) in [5, 5.41) is 13.6. The number of rotatable bonds is 5. The molecule has 3 rings (SSSR count). The number of thiazole rings is 1. The van der Waals surface area contributed by atoms with Crippen LogP contribution in [0.25, 0.3) is 10.6 Å². The van der Waals surface area contributed by atoms with Gasteiger partial charge in [0.25, 0.3) is 0 Å². The fraction of sp³-hybridized carbons (Fsp3) is 0.562. The topological polar surface area (TPSA) is 108 Å². The summed E-state index contributed by atoms with van der Waals surface area (Å²) in [5.74, 6) is 0.524. The average Bonchev–Trinajstić information content (AvgIpc) is 3.06. The van der Waals surface area contributed by atoms with Gasteiger partial charge in [-0.2, -0.15) is 0 Å². The maximum Gasteiger partial charge on any atom is 0.223 e. The Morgan fingerprint density at radius 2 is 2.00 bits per heavy atom. The average molecular weight is 398 g/mol. The summed E-state index contributed by atoms with van der Waals surface area (Å²) in [6.45, 7) is 4.63. The molecule has 1 saturated heterocycles. The molecule has 10 heteroatoms. The van der Waals surface area contributed by atoms with Crippen molar-refractivity contribution in [2.24, 2.45) is 0 Å².